The number of Topliss-reactive ketones (excluding diaryl/α,β-unsaturated/α-hetero) is 1. The summed E-state index contributed by atoms with van der Waals surface area (Å²) < 4.78 is 42.9. The van der Waals surface area contributed by atoms with Gasteiger partial charge in [0.2, 0.25) is 5.91 Å². The molecule has 14 heteroatoms. The number of hydrogen-bond donors (Lipinski definition) is 1. The third-order valence-electron chi connectivity index (χ3n) is 5.38. The minimum Gasteiger partial charge on any atom is -0.404 e. The number of carbonyl (C=O) groups excluding carboxylic acids is 2. The molecular weight excluding hydrogens is 517 g/mol. The van der Waals surface area contributed by atoms with Crippen LogP contribution in [0.1, 0.15) is 20.4 Å². The molecule has 1 N–H and O–H groups in total. The molecule has 0 saturated carbocycles. The van der Waals surface area contributed by atoms with Gasteiger partial charge in [0.25, 0.3) is 0 Å². The van der Waals surface area contributed by atoms with E-state index in [4.69, 9.17) is 0 Å². The number of likely N-dealkylation sites (N-methyl/N-ethyl adjacent to an activating group) is 1. The fourth-order valence-electron chi connectivity index (χ4n) is 3.54. The van der Waals surface area contributed by atoms with Crippen LogP contribution in [0.3, 0.4) is 0 Å². The Morgan fingerprint density at radius 2 is 1.89 bits per heavy atom. The SMILES string of the molecule is Cc1ncc(-c2nnc(CC(=O)c3ccc(OC(F)(F)F)c(NC(=O)CN4CCN(C)CC4)c3)s2)s1. The predicted octanol–water partition coefficient (Wildman–Crippen LogP) is 3.48. The minimum atomic E-state index is -4.96. The third-order valence-corrected chi connectivity index (χ3v) is 7.38. The van der Waals surface area contributed by atoms with Gasteiger partial charge in [-0.05, 0) is 32.2 Å². The van der Waals surface area contributed by atoms with Crippen LogP contribution in [-0.2, 0) is 11.2 Å². The number of benzene rings is 1. The Labute approximate surface area is 212 Å². The van der Waals surface area contributed by atoms with Gasteiger partial charge >= 0.3 is 6.36 Å². The summed E-state index contributed by atoms with van der Waals surface area (Å²) in [4.78, 5) is 34.5. The number of carbonyl (C=O) groups is 2. The van der Waals surface area contributed by atoms with Gasteiger partial charge in [0.05, 0.1) is 28.5 Å². The molecule has 3 aromatic rings. The van der Waals surface area contributed by atoms with Gasteiger partial charge in [-0.3, -0.25) is 14.5 Å². The Balaban J connectivity index is 1.48. The number of aryl methyl sites for hydroxylation is 1. The molecule has 0 bridgehead atoms. The second-order valence-corrected chi connectivity index (χ2v) is 10.5. The highest BCUT2D eigenvalue weighted by atomic mass is 32.1. The molecule has 192 valence electrons. The average Bonchev–Trinajstić information content (AvgIpc) is 3.44. The van der Waals surface area contributed by atoms with E-state index in [1.165, 1.54) is 34.8 Å². The molecule has 1 aliphatic heterocycles. The van der Waals surface area contributed by atoms with E-state index >= 15 is 0 Å². The van der Waals surface area contributed by atoms with Crippen LogP contribution in [0.4, 0.5) is 18.9 Å². The number of amides is 1. The van der Waals surface area contributed by atoms with Gasteiger partial charge in [-0.1, -0.05) is 11.3 Å². The number of ketones is 1. The lowest BCUT2D eigenvalue weighted by Crippen LogP contribution is -2.47. The molecule has 36 heavy (non-hydrogen) atoms. The van der Waals surface area contributed by atoms with Crippen LogP contribution in [0.2, 0.25) is 0 Å². The zero-order chi connectivity index (χ0) is 25.9. The van der Waals surface area contributed by atoms with Crippen molar-refractivity contribution in [3.63, 3.8) is 0 Å². The molecule has 0 unspecified atom stereocenters. The number of hydrogen-bond acceptors (Lipinski definition) is 10. The fourth-order valence-corrected chi connectivity index (χ4v) is 5.19. The summed E-state index contributed by atoms with van der Waals surface area (Å²) in [6, 6.07) is 3.45. The van der Waals surface area contributed by atoms with Crippen LogP contribution >= 0.6 is 22.7 Å². The fraction of sp³-hybridized carbons (Fsp3) is 0.409. The van der Waals surface area contributed by atoms with Crippen LogP contribution in [-0.4, -0.2) is 82.8 Å². The first-order valence-electron chi connectivity index (χ1n) is 10.9. The van der Waals surface area contributed by atoms with Crippen LogP contribution < -0.4 is 10.1 Å². The van der Waals surface area contributed by atoms with E-state index in [9.17, 15) is 22.8 Å². The number of piperazine rings is 1. The summed E-state index contributed by atoms with van der Waals surface area (Å²) in [7, 11) is 1.98. The van der Waals surface area contributed by atoms with E-state index in [2.05, 4.69) is 30.1 Å². The normalized spacial score (nSPS) is 15.1. The second-order valence-electron chi connectivity index (χ2n) is 8.23. The zero-order valence-electron chi connectivity index (χ0n) is 19.5. The number of anilines is 1. The molecule has 0 aliphatic carbocycles. The van der Waals surface area contributed by atoms with E-state index < -0.39 is 18.0 Å². The summed E-state index contributed by atoms with van der Waals surface area (Å²) in [5.74, 6) is -1.47. The molecule has 0 atom stereocenters. The van der Waals surface area contributed by atoms with Gasteiger partial charge in [-0.2, -0.15) is 0 Å². The molecule has 1 fully saturated rings. The van der Waals surface area contributed by atoms with Gasteiger partial charge in [0.15, 0.2) is 16.5 Å². The van der Waals surface area contributed by atoms with Crippen molar-refractivity contribution in [1.82, 2.24) is 25.0 Å². The molecular formula is C22H23F3N6O3S2. The van der Waals surface area contributed by atoms with Crippen LogP contribution in [0.25, 0.3) is 9.88 Å². The summed E-state index contributed by atoms with van der Waals surface area (Å²) in [6.45, 7) is 4.79. The molecule has 1 aliphatic rings. The van der Waals surface area contributed by atoms with Gasteiger partial charge < -0.3 is 15.0 Å². The van der Waals surface area contributed by atoms with Crippen molar-refractivity contribution in [2.24, 2.45) is 0 Å². The first-order chi connectivity index (χ1) is 17.1. The Morgan fingerprint density at radius 3 is 2.56 bits per heavy atom. The highest BCUT2D eigenvalue weighted by Crippen LogP contribution is 2.32. The van der Waals surface area contributed by atoms with Crippen molar-refractivity contribution in [1.29, 1.82) is 0 Å². The molecule has 2 aromatic heterocycles. The van der Waals surface area contributed by atoms with Crippen molar-refractivity contribution >= 4 is 40.1 Å². The Hall–Kier alpha value is -2.94. The molecule has 1 saturated heterocycles. The van der Waals surface area contributed by atoms with Crippen molar-refractivity contribution in [3.8, 4) is 15.6 Å². The number of rotatable bonds is 8. The first-order valence-corrected chi connectivity index (χ1v) is 12.6. The lowest BCUT2D eigenvalue weighted by Gasteiger charge is -2.31. The quantitative estimate of drug-likeness (QED) is 0.434. The lowest BCUT2D eigenvalue weighted by molar-refractivity contribution is -0.274. The molecule has 9 nitrogen and oxygen atoms in total. The Kier molecular flexibility index (Phi) is 7.97. The van der Waals surface area contributed by atoms with Crippen molar-refractivity contribution in [2.45, 2.75) is 19.7 Å². The van der Waals surface area contributed by atoms with E-state index in [1.54, 1.807) is 6.20 Å². The van der Waals surface area contributed by atoms with Gasteiger partial charge in [-0.15, -0.1) is 34.7 Å². The van der Waals surface area contributed by atoms with Crippen LogP contribution in [0.15, 0.2) is 24.4 Å². The van der Waals surface area contributed by atoms with Crippen molar-refractivity contribution in [2.75, 3.05) is 45.1 Å². The van der Waals surface area contributed by atoms with Crippen molar-refractivity contribution < 1.29 is 27.5 Å². The smallest absolute Gasteiger partial charge is 0.404 e. The summed E-state index contributed by atoms with van der Waals surface area (Å²) in [5.41, 5.74) is -0.111. The van der Waals surface area contributed by atoms with E-state index in [0.717, 1.165) is 29.0 Å². The number of alkyl halides is 3. The Morgan fingerprint density at radius 1 is 1.14 bits per heavy atom. The monoisotopic (exact) mass is 540 g/mol. The highest BCUT2D eigenvalue weighted by molar-refractivity contribution is 7.21. The lowest BCUT2D eigenvalue weighted by atomic mass is 10.1. The zero-order valence-corrected chi connectivity index (χ0v) is 21.1. The van der Waals surface area contributed by atoms with E-state index in [0.29, 0.717) is 23.1 Å². The topological polar surface area (TPSA) is 101 Å². The van der Waals surface area contributed by atoms with Gasteiger partial charge in [0, 0.05) is 37.9 Å². The number of ether oxygens (including phenoxy) is 1. The summed E-state index contributed by atoms with van der Waals surface area (Å²) in [5, 5.41) is 12.6. The van der Waals surface area contributed by atoms with Crippen LogP contribution in [0.5, 0.6) is 5.75 Å². The van der Waals surface area contributed by atoms with Crippen LogP contribution in [0, 0.1) is 6.92 Å². The predicted molar refractivity (Wildman–Crippen MR) is 129 cm³/mol. The second kappa shape index (κ2) is 11.0. The molecule has 1 amide bonds. The van der Waals surface area contributed by atoms with E-state index in [-0.39, 0.29) is 30.0 Å². The number of halogens is 3. The molecule has 4 rings (SSSR count). The maximum atomic E-state index is 12.9. The number of thiazole rings is 1. The maximum Gasteiger partial charge on any atom is 0.573 e. The molecule has 1 aromatic carbocycles. The first kappa shape index (κ1) is 26.1. The standard InChI is InChI=1S/C22H23F3N6O3S2/c1-13-26-11-18(35-13)21-29-28-20(36-21)10-16(32)14-3-4-17(34-22(23,24)25)15(9-14)27-19(33)12-31-7-5-30(2)6-8-31/h3-4,9,11H,5-8,10,12H2,1-2H3,(H,27,33). The minimum absolute atomic E-state index is 0.0160. The average molecular weight is 541 g/mol. The largest absolute Gasteiger partial charge is 0.573 e. The Bertz CT molecular complexity index is 1240. The molecule has 3 heterocycles. The van der Waals surface area contributed by atoms with Crippen molar-refractivity contribution in [3.05, 3.63) is 40.0 Å². The van der Waals surface area contributed by atoms with Gasteiger partial charge in [0.1, 0.15) is 5.01 Å². The number of nitrogens with one attached hydrogen (secondary N) is 1. The highest BCUT2D eigenvalue weighted by Gasteiger charge is 2.33. The maximum absolute atomic E-state index is 12.9. The summed E-state index contributed by atoms with van der Waals surface area (Å²) >= 11 is 2.70. The number of nitrogens with zero attached hydrogens (tertiary/aromatic N) is 5. The molecule has 0 spiro atoms. The third kappa shape index (κ3) is 7.06. The summed E-state index contributed by atoms with van der Waals surface area (Å²) in [6.07, 6.45) is -3.37. The number of aromatic nitrogens is 3. The van der Waals surface area contributed by atoms with E-state index in [1.807, 2.05) is 18.9 Å². The van der Waals surface area contributed by atoms with Gasteiger partial charge in [-0.25, -0.2) is 4.98 Å². The molecule has 0 radical (unpaired) electrons.